The van der Waals surface area contributed by atoms with Gasteiger partial charge in [0, 0.05) is 30.0 Å². The molecule has 5 nitrogen and oxygen atoms in total. The zero-order valence-electron chi connectivity index (χ0n) is 11.3. The number of imidazole rings is 1. The molecule has 0 atom stereocenters. The molecule has 20 heavy (non-hydrogen) atoms. The van der Waals surface area contributed by atoms with Crippen LogP contribution >= 0.6 is 0 Å². The molecule has 0 aromatic carbocycles. The number of nitrogens with one attached hydrogen (secondary N) is 1. The SMILES string of the molecule is Cc1cc(NC(=O)c2cccn3cc(C)nc23)ccn1. The third-order valence-corrected chi connectivity index (χ3v) is 3.00. The fourth-order valence-electron chi connectivity index (χ4n) is 2.13. The summed E-state index contributed by atoms with van der Waals surface area (Å²) in [6, 6.07) is 7.20. The zero-order chi connectivity index (χ0) is 14.1. The van der Waals surface area contributed by atoms with Crippen LogP contribution in [0.15, 0.2) is 42.9 Å². The number of amides is 1. The molecule has 0 unspecified atom stereocenters. The fraction of sp³-hybridized carbons (Fsp3) is 0.133. The summed E-state index contributed by atoms with van der Waals surface area (Å²) >= 11 is 0. The van der Waals surface area contributed by atoms with Gasteiger partial charge in [-0.1, -0.05) is 0 Å². The highest BCUT2D eigenvalue weighted by Gasteiger charge is 2.12. The zero-order valence-corrected chi connectivity index (χ0v) is 11.3. The normalized spacial score (nSPS) is 10.7. The van der Waals surface area contributed by atoms with Crippen molar-refractivity contribution in [3.05, 3.63) is 59.8 Å². The Bertz CT molecular complexity index is 791. The van der Waals surface area contributed by atoms with E-state index in [-0.39, 0.29) is 5.91 Å². The van der Waals surface area contributed by atoms with Gasteiger partial charge in [0.05, 0.1) is 11.3 Å². The van der Waals surface area contributed by atoms with Crippen molar-refractivity contribution in [1.82, 2.24) is 14.4 Å². The maximum atomic E-state index is 12.4. The van der Waals surface area contributed by atoms with E-state index in [1.807, 2.05) is 42.8 Å². The quantitative estimate of drug-likeness (QED) is 0.775. The average Bonchev–Trinajstić information content (AvgIpc) is 2.78. The molecule has 0 radical (unpaired) electrons. The van der Waals surface area contributed by atoms with Crippen LogP contribution in [0.1, 0.15) is 21.7 Å². The lowest BCUT2D eigenvalue weighted by molar-refractivity contribution is 0.102. The minimum atomic E-state index is -0.174. The lowest BCUT2D eigenvalue weighted by Crippen LogP contribution is -2.13. The van der Waals surface area contributed by atoms with Gasteiger partial charge in [-0.3, -0.25) is 9.78 Å². The smallest absolute Gasteiger partial charge is 0.259 e. The van der Waals surface area contributed by atoms with Crippen LogP contribution in [0.5, 0.6) is 0 Å². The predicted octanol–water partition coefficient (Wildman–Crippen LogP) is 2.60. The van der Waals surface area contributed by atoms with Crippen LogP contribution in [0.25, 0.3) is 5.65 Å². The average molecular weight is 266 g/mol. The van der Waals surface area contributed by atoms with Crippen molar-refractivity contribution in [2.45, 2.75) is 13.8 Å². The van der Waals surface area contributed by atoms with Crippen LogP contribution in [0, 0.1) is 13.8 Å². The highest BCUT2D eigenvalue weighted by Crippen LogP contribution is 2.14. The van der Waals surface area contributed by atoms with Gasteiger partial charge in [0.2, 0.25) is 0 Å². The molecule has 100 valence electrons. The number of nitrogens with zero attached hydrogens (tertiary/aromatic N) is 3. The minimum Gasteiger partial charge on any atom is -0.322 e. The summed E-state index contributed by atoms with van der Waals surface area (Å²) in [6.45, 7) is 3.79. The molecule has 3 aromatic rings. The number of carbonyl (C=O) groups is 1. The van der Waals surface area contributed by atoms with Crippen molar-refractivity contribution in [2.24, 2.45) is 0 Å². The maximum absolute atomic E-state index is 12.4. The Kier molecular flexibility index (Phi) is 2.95. The van der Waals surface area contributed by atoms with E-state index in [1.54, 1.807) is 18.3 Å². The van der Waals surface area contributed by atoms with Crippen LogP contribution < -0.4 is 5.32 Å². The molecule has 0 fully saturated rings. The number of hydrogen-bond donors (Lipinski definition) is 1. The maximum Gasteiger partial charge on any atom is 0.259 e. The molecule has 0 spiro atoms. The number of carbonyl (C=O) groups excluding carboxylic acids is 1. The summed E-state index contributed by atoms with van der Waals surface area (Å²) in [5.74, 6) is -0.174. The second-order valence-electron chi connectivity index (χ2n) is 4.68. The summed E-state index contributed by atoms with van der Waals surface area (Å²) in [4.78, 5) is 20.9. The van der Waals surface area contributed by atoms with Crippen molar-refractivity contribution in [3.63, 3.8) is 0 Å². The van der Waals surface area contributed by atoms with E-state index in [2.05, 4.69) is 15.3 Å². The van der Waals surface area contributed by atoms with Gasteiger partial charge in [-0.15, -0.1) is 0 Å². The largest absolute Gasteiger partial charge is 0.322 e. The first kappa shape index (κ1) is 12.3. The molecular weight excluding hydrogens is 252 g/mol. The number of fused-ring (bicyclic) bond motifs is 1. The molecule has 1 N–H and O–H groups in total. The summed E-state index contributed by atoms with van der Waals surface area (Å²) in [6.07, 6.45) is 5.44. The van der Waals surface area contributed by atoms with E-state index >= 15 is 0 Å². The lowest BCUT2D eigenvalue weighted by Gasteiger charge is -2.06. The second kappa shape index (κ2) is 4.77. The Balaban J connectivity index is 1.96. The molecule has 0 saturated carbocycles. The Morgan fingerprint density at radius 1 is 1.25 bits per heavy atom. The van der Waals surface area contributed by atoms with Gasteiger partial charge in [0.15, 0.2) is 0 Å². The van der Waals surface area contributed by atoms with Crippen LogP contribution in [0.4, 0.5) is 5.69 Å². The van der Waals surface area contributed by atoms with Crippen LogP contribution in [-0.2, 0) is 0 Å². The van der Waals surface area contributed by atoms with E-state index in [4.69, 9.17) is 0 Å². The molecule has 3 rings (SSSR count). The number of hydrogen-bond acceptors (Lipinski definition) is 3. The first-order valence-electron chi connectivity index (χ1n) is 6.32. The molecule has 5 heteroatoms. The van der Waals surface area contributed by atoms with Gasteiger partial charge < -0.3 is 9.72 Å². The molecule has 3 heterocycles. The summed E-state index contributed by atoms with van der Waals surface area (Å²) in [7, 11) is 0. The highest BCUT2D eigenvalue weighted by molar-refractivity contribution is 6.08. The fourth-order valence-corrected chi connectivity index (χ4v) is 2.13. The van der Waals surface area contributed by atoms with Gasteiger partial charge in [0.1, 0.15) is 5.65 Å². The Morgan fingerprint density at radius 3 is 2.90 bits per heavy atom. The number of rotatable bonds is 2. The first-order valence-corrected chi connectivity index (χ1v) is 6.32. The molecule has 3 aromatic heterocycles. The third-order valence-electron chi connectivity index (χ3n) is 3.00. The number of aryl methyl sites for hydroxylation is 2. The number of anilines is 1. The van der Waals surface area contributed by atoms with Crippen molar-refractivity contribution < 1.29 is 4.79 Å². The predicted molar refractivity (Wildman–Crippen MR) is 76.9 cm³/mol. The monoisotopic (exact) mass is 266 g/mol. The first-order chi connectivity index (χ1) is 9.63. The Morgan fingerprint density at radius 2 is 2.10 bits per heavy atom. The topological polar surface area (TPSA) is 59.3 Å². The van der Waals surface area contributed by atoms with Gasteiger partial charge in [-0.05, 0) is 38.1 Å². The molecule has 0 bridgehead atoms. The standard InChI is InChI=1S/C15H14N4O/c1-10-8-12(5-6-16-10)18-15(20)13-4-3-7-19-9-11(2)17-14(13)19/h3-9H,1-2H3,(H,16,18,20). The number of pyridine rings is 2. The van der Waals surface area contributed by atoms with E-state index in [0.717, 1.165) is 17.1 Å². The van der Waals surface area contributed by atoms with Crippen molar-refractivity contribution in [2.75, 3.05) is 5.32 Å². The van der Waals surface area contributed by atoms with E-state index in [1.165, 1.54) is 0 Å². The Labute approximate surface area is 116 Å². The summed E-state index contributed by atoms with van der Waals surface area (Å²) in [5.41, 5.74) is 3.68. The van der Waals surface area contributed by atoms with E-state index in [0.29, 0.717) is 11.2 Å². The van der Waals surface area contributed by atoms with Crippen molar-refractivity contribution >= 4 is 17.2 Å². The van der Waals surface area contributed by atoms with Crippen molar-refractivity contribution in [3.8, 4) is 0 Å². The Hall–Kier alpha value is -2.69. The van der Waals surface area contributed by atoms with Gasteiger partial charge >= 0.3 is 0 Å². The van der Waals surface area contributed by atoms with Gasteiger partial charge in [-0.25, -0.2) is 4.98 Å². The van der Waals surface area contributed by atoms with Crippen LogP contribution in [0.2, 0.25) is 0 Å². The molecule has 0 aliphatic heterocycles. The third kappa shape index (κ3) is 2.25. The van der Waals surface area contributed by atoms with E-state index < -0.39 is 0 Å². The molecule has 1 amide bonds. The second-order valence-corrected chi connectivity index (χ2v) is 4.68. The summed E-state index contributed by atoms with van der Waals surface area (Å²) < 4.78 is 1.85. The van der Waals surface area contributed by atoms with Crippen molar-refractivity contribution in [1.29, 1.82) is 0 Å². The minimum absolute atomic E-state index is 0.174. The van der Waals surface area contributed by atoms with E-state index in [9.17, 15) is 4.79 Å². The number of aromatic nitrogens is 3. The molecular formula is C15H14N4O. The highest BCUT2D eigenvalue weighted by atomic mass is 16.1. The summed E-state index contributed by atoms with van der Waals surface area (Å²) in [5, 5.41) is 2.87. The van der Waals surface area contributed by atoms with Crippen LogP contribution in [-0.4, -0.2) is 20.3 Å². The van der Waals surface area contributed by atoms with Crippen LogP contribution in [0.3, 0.4) is 0 Å². The molecule has 0 aliphatic rings. The molecule has 0 aliphatic carbocycles. The lowest BCUT2D eigenvalue weighted by atomic mass is 10.2. The van der Waals surface area contributed by atoms with Gasteiger partial charge in [-0.2, -0.15) is 0 Å². The molecule has 0 saturated heterocycles. The van der Waals surface area contributed by atoms with Gasteiger partial charge in [0.25, 0.3) is 5.91 Å².